The number of aryl methyl sites for hydroxylation is 1. The van der Waals surface area contributed by atoms with Gasteiger partial charge in [-0.15, -0.1) is 0 Å². The standard InChI is InChI=1S/C19H26O2/c1-19-9-8-16-15-6-4-14(21)10-12(15)2-5-17(16)18(19)7-3-13(19)11-20/h4,6,10,13,16-18,20-21H,2-3,5,7-9,11H2,1H3/t13-,16+,17+,18-,19+/m0/s1. The Morgan fingerprint density at radius 1 is 1.19 bits per heavy atom. The summed E-state index contributed by atoms with van der Waals surface area (Å²) < 4.78 is 0. The first-order valence-corrected chi connectivity index (χ1v) is 8.56. The largest absolute Gasteiger partial charge is 0.508 e. The molecule has 4 rings (SSSR count). The molecule has 114 valence electrons. The van der Waals surface area contributed by atoms with E-state index in [0.29, 0.717) is 29.6 Å². The second-order valence-corrected chi connectivity index (χ2v) is 7.80. The van der Waals surface area contributed by atoms with Crippen LogP contribution in [0.4, 0.5) is 0 Å². The molecule has 2 nitrogen and oxygen atoms in total. The first-order valence-electron chi connectivity index (χ1n) is 8.56. The molecule has 0 spiro atoms. The fourth-order valence-corrected chi connectivity index (χ4v) is 5.98. The minimum atomic E-state index is 0.365. The van der Waals surface area contributed by atoms with Crippen molar-refractivity contribution in [2.75, 3.05) is 6.61 Å². The SMILES string of the molecule is C[C@]12CC[C@@H]3c4ccc(O)cc4CC[C@H]3[C@@H]1CC[C@H]2CO. The lowest BCUT2D eigenvalue weighted by molar-refractivity contribution is 0.00956. The minimum absolute atomic E-state index is 0.365. The Balaban J connectivity index is 1.68. The van der Waals surface area contributed by atoms with E-state index in [1.165, 1.54) is 43.2 Å². The Morgan fingerprint density at radius 3 is 2.86 bits per heavy atom. The Bertz CT molecular complexity index is 552. The molecule has 0 radical (unpaired) electrons. The molecule has 1 aromatic carbocycles. The zero-order valence-electron chi connectivity index (χ0n) is 12.9. The summed E-state index contributed by atoms with van der Waals surface area (Å²) >= 11 is 0. The molecular weight excluding hydrogens is 260 g/mol. The van der Waals surface area contributed by atoms with Crippen LogP contribution in [0.2, 0.25) is 0 Å². The van der Waals surface area contributed by atoms with Crippen LogP contribution in [0.5, 0.6) is 5.75 Å². The van der Waals surface area contributed by atoms with Crippen LogP contribution in [0.1, 0.15) is 56.1 Å². The van der Waals surface area contributed by atoms with Gasteiger partial charge in [-0.3, -0.25) is 0 Å². The van der Waals surface area contributed by atoms with E-state index in [9.17, 15) is 10.2 Å². The average Bonchev–Trinajstić information content (AvgIpc) is 2.83. The maximum Gasteiger partial charge on any atom is 0.115 e. The first-order chi connectivity index (χ1) is 10.1. The number of hydrogen-bond donors (Lipinski definition) is 2. The fourth-order valence-electron chi connectivity index (χ4n) is 5.98. The van der Waals surface area contributed by atoms with Crippen LogP contribution in [0.3, 0.4) is 0 Å². The summed E-state index contributed by atoms with van der Waals surface area (Å²) in [5.41, 5.74) is 3.24. The lowest BCUT2D eigenvalue weighted by Gasteiger charge is -2.51. The van der Waals surface area contributed by atoms with Crippen LogP contribution in [0.25, 0.3) is 0 Å². The van der Waals surface area contributed by atoms with Crippen molar-refractivity contribution < 1.29 is 10.2 Å². The molecule has 2 saturated carbocycles. The molecule has 0 saturated heterocycles. The molecule has 5 atom stereocenters. The number of hydrogen-bond acceptors (Lipinski definition) is 2. The number of phenolic OH excluding ortho intramolecular Hbond substituents is 1. The minimum Gasteiger partial charge on any atom is -0.508 e. The monoisotopic (exact) mass is 286 g/mol. The van der Waals surface area contributed by atoms with Gasteiger partial charge in [0.05, 0.1) is 0 Å². The van der Waals surface area contributed by atoms with E-state index >= 15 is 0 Å². The van der Waals surface area contributed by atoms with Crippen molar-refractivity contribution >= 4 is 0 Å². The zero-order valence-corrected chi connectivity index (χ0v) is 12.9. The maximum atomic E-state index is 9.73. The van der Waals surface area contributed by atoms with Gasteiger partial charge in [-0.25, -0.2) is 0 Å². The van der Waals surface area contributed by atoms with Crippen molar-refractivity contribution in [3.05, 3.63) is 29.3 Å². The molecule has 0 bridgehead atoms. The highest BCUT2D eigenvalue weighted by Crippen LogP contribution is 2.62. The number of phenols is 1. The highest BCUT2D eigenvalue weighted by Gasteiger charge is 2.54. The van der Waals surface area contributed by atoms with E-state index in [2.05, 4.69) is 13.0 Å². The summed E-state index contributed by atoms with van der Waals surface area (Å²) in [5.74, 6) is 3.19. The van der Waals surface area contributed by atoms with E-state index in [1.807, 2.05) is 12.1 Å². The topological polar surface area (TPSA) is 40.5 Å². The molecular formula is C19H26O2. The van der Waals surface area contributed by atoms with Crippen LogP contribution in [0, 0.1) is 23.2 Å². The van der Waals surface area contributed by atoms with Gasteiger partial charge in [0.1, 0.15) is 5.75 Å². The quantitative estimate of drug-likeness (QED) is 0.823. The summed E-state index contributed by atoms with van der Waals surface area (Å²) in [6, 6.07) is 6.01. The van der Waals surface area contributed by atoms with Gasteiger partial charge in [-0.1, -0.05) is 13.0 Å². The molecule has 21 heavy (non-hydrogen) atoms. The number of aliphatic hydroxyl groups excluding tert-OH is 1. The molecule has 2 heteroatoms. The van der Waals surface area contributed by atoms with Crippen LogP contribution in [0.15, 0.2) is 18.2 Å². The molecule has 3 aliphatic carbocycles. The van der Waals surface area contributed by atoms with Gasteiger partial charge in [0, 0.05) is 6.61 Å². The number of aromatic hydroxyl groups is 1. The summed E-state index contributed by atoms with van der Waals surface area (Å²) in [6.07, 6.45) is 7.40. The van der Waals surface area contributed by atoms with Crippen LogP contribution >= 0.6 is 0 Å². The van der Waals surface area contributed by atoms with Gasteiger partial charge in [-0.2, -0.15) is 0 Å². The van der Waals surface area contributed by atoms with Gasteiger partial charge >= 0.3 is 0 Å². The predicted octanol–water partition coefficient (Wildman–Crippen LogP) is 3.86. The van der Waals surface area contributed by atoms with E-state index in [0.717, 1.165) is 18.3 Å². The predicted molar refractivity (Wildman–Crippen MR) is 83.3 cm³/mol. The second kappa shape index (κ2) is 4.74. The Morgan fingerprint density at radius 2 is 2.05 bits per heavy atom. The number of fused-ring (bicyclic) bond motifs is 5. The smallest absolute Gasteiger partial charge is 0.115 e. The highest BCUT2D eigenvalue weighted by atomic mass is 16.3. The molecule has 1 aromatic rings. The normalized spacial score (nSPS) is 41.2. The Labute approximate surface area is 127 Å². The number of aliphatic hydroxyl groups is 1. The van der Waals surface area contributed by atoms with Gasteiger partial charge in [-0.05, 0) is 90.9 Å². The molecule has 0 aromatic heterocycles. The van der Waals surface area contributed by atoms with Crippen molar-refractivity contribution in [1.29, 1.82) is 0 Å². The molecule has 2 N–H and O–H groups in total. The Kier molecular flexibility index (Phi) is 3.08. The molecule has 0 aliphatic heterocycles. The summed E-state index contributed by atoms with van der Waals surface area (Å²) in [7, 11) is 0. The average molecular weight is 286 g/mol. The molecule has 0 unspecified atom stereocenters. The molecule has 3 aliphatic rings. The van der Waals surface area contributed by atoms with Crippen LogP contribution in [-0.2, 0) is 6.42 Å². The molecule has 0 amide bonds. The van der Waals surface area contributed by atoms with Crippen molar-refractivity contribution in [3.8, 4) is 5.75 Å². The number of rotatable bonds is 1. The van der Waals surface area contributed by atoms with Gasteiger partial charge in [0.25, 0.3) is 0 Å². The van der Waals surface area contributed by atoms with Crippen LogP contribution < -0.4 is 0 Å². The van der Waals surface area contributed by atoms with E-state index in [-0.39, 0.29) is 0 Å². The Hall–Kier alpha value is -1.02. The van der Waals surface area contributed by atoms with Crippen LogP contribution in [-0.4, -0.2) is 16.8 Å². The van der Waals surface area contributed by atoms with Crippen molar-refractivity contribution in [2.45, 2.75) is 51.4 Å². The molecule has 2 fully saturated rings. The first kappa shape index (κ1) is 13.6. The van der Waals surface area contributed by atoms with Gasteiger partial charge in [0.15, 0.2) is 0 Å². The van der Waals surface area contributed by atoms with E-state index in [4.69, 9.17) is 0 Å². The summed E-state index contributed by atoms with van der Waals surface area (Å²) in [5, 5.41) is 19.4. The summed E-state index contributed by atoms with van der Waals surface area (Å²) in [4.78, 5) is 0. The zero-order chi connectivity index (χ0) is 14.6. The van der Waals surface area contributed by atoms with E-state index < -0.39 is 0 Å². The third-order valence-corrected chi connectivity index (χ3v) is 7.13. The lowest BCUT2D eigenvalue weighted by Crippen LogP contribution is -2.43. The lowest BCUT2D eigenvalue weighted by atomic mass is 9.54. The second-order valence-electron chi connectivity index (χ2n) is 7.80. The van der Waals surface area contributed by atoms with Crippen molar-refractivity contribution in [3.63, 3.8) is 0 Å². The fraction of sp³-hybridized carbons (Fsp3) is 0.684. The van der Waals surface area contributed by atoms with Crippen molar-refractivity contribution in [2.24, 2.45) is 23.2 Å². The van der Waals surface area contributed by atoms with E-state index in [1.54, 1.807) is 0 Å². The summed E-state index contributed by atoms with van der Waals surface area (Å²) in [6.45, 7) is 2.81. The highest BCUT2D eigenvalue weighted by molar-refractivity contribution is 5.40. The van der Waals surface area contributed by atoms with Crippen molar-refractivity contribution in [1.82, 2.24) is 0 Å². The van der Waals surface area contributed by atoms with Gasteiger partial charge in [0.2, 0.25) is 0 Å². The third kappa shape index (κ3) is 1.88. The molecule has 0 heterocycles. The third-order valence-electron chi connectivity index (χ3n) is 7.13. The maximum absolute atomic E-state index is 9.73. The number of benzene rings is 1. The van der Waals surface area contributed by atoms with Gasteiger partial charge < -0.3 is 10.2 Å².